The summed E-state index contributed by atoms with van der Waals surface area (Å²) in [6.07, 6.45) is 0. The minimum absolute atomic E-state index is 0.191. The van der Waals surface area contributed by atoms with Crippen molar-refractivity contribution in [2.24, 2.45) is 5.92 Å². The number of aliphatic carboxylic acids is 1. The number of benzene rings is 1. The van der Waals surface area contributed by atoms with Gasteiger partial charge in [0, 0.05) is 12.4 Å². The van der Waals surface area contributed by atoms with E-state index < -0.39 is 18.0 Å². The van der Waals surface area contributed by atoms with Gasteiger partial charge in [0.2, 0.25) is 0 Å². The number of hydrogen-bond donors (Lipinski definition) is 2. The maximum atomic E-state index is 12.2. The van der Waals surface area contributed by atoms with Crippen LogP contribution >= 0.6 is 0 Å². The van der Waals surface area contributed by atoms with Gasteiger partial charge in [0.05, 0.1) is 17.8 Å². The third-order valence-electron chi connectivity index (χ3n) is 3.61. The minimum atomic E-state index is -1.04. The Morgan fingerprint density at radius 3 is 2.57 bits per heavy atom. The first-order valence-corrected chi connectivity index (χ1v) is 7.47. The number of para-hydroxylation sites is 1. The minimum Gasteiger partial charge on any atom is -0.480 e. The van der Waals surface area contributed by atoms with Crippen LogP contribution in [0.4, 0.5) is 4.79 Å². The molecule has 0 fully saturated rings. The van der Waals surface area contributed by atoms with E-state index in [9.17, 15) is 9.59 Å². The molecule has 6 heteroatoms. The van der Waals surface area contributed by atoms with Gasteiger partial charge in [0.15, 0.2) is 0 Å². The average Bonchev–Trinajstić information content (AvgIpc) is 2.51. The lowest BCUT2D eigenvalue weighted by Crippen LogP contribution is -2.48. The van der Waals surface area contributed by atoms with Crippen molar-refractivity contribution in [2.45, 2.75) is 26.4 Å². The number of carboxylic acid groups (broad SMARTS) is 1. The maximum Gasteiger partial charge on any atom is 0.326 e. The van der Waals surface area contributed by atoms with Crippen molar-refractivity contribution in [3.8, 4) is 0 Å². The molecule has 0 aliphatic rings. The van der Waals surface area contributed by atoms with Crippen molar-refractivity contribution in [1.82, 2.24) is 15.2 Å². The fourth-order valence-corrected chi connectivity index (χ4v) is 2.27. The highest BCUT2D eigenvalue weighted by Crippen LogP contribution is 2.13. The number of carbonyl (C=O) groups excluding carboxylic acids is 1. The number of carbonyl (C=O) groups is 2. The maximum absolute atomic E-state index is 12.2. The summed E-state index contributed by atoms with van der Waals surface area (Å²) in [4.78, 5) is 29.2. The van der Waals surface area contributed by atoms with E-state index in [1.54, 1.807) is 20.9 Å². The topological polar surface area (TPSA) is 82.5 Å². The van der Waals surface area contributed by atoms with Gasteiger partial charge in [-0.3, -0.25) is 4.98 Å². The summed E-state index contributed by atoms with van der Waals surface area (Å²) >= 11 is 0. The molecule has 2 aromatic rings. The Morgan fingerprint density at radius 2 is 1.91 bits per heavy atom. The number of pyridine rings is 1. The van der Waals surface area contributed by atoms with Crippen LogP contribution in [0.15, 0.2) is 36.4 Å². The van der Waals surface area contributed by atoms with Crippen LogP contribution in [0.25, 0.3) is 10.9 Å². The second kappa shape index (κ2) is 7.09. The molecule has 0 saturated heterocycles. The van der Waals surface area contributed by atoms with Gasteiger partial charge in [-0.2, -0.15) is 0 Å². The molecule has 2 amide bonds. The predicted molar refractivity (Wildman–Crippen MR) is 88.0 cm³/mol. The molecule has 0 radical (unpaired) electrons. The highest BCUT2D eigenvalue weighted by molar-refractivity contribution is 5.82. The van der Waals surface area contributed by atoms with Gasteiger partial charge >= 0.3 is 12.0 Å². The fourth-order valence-electron chi connectivity index (χ4n) is 2.27. The second-order valence-electron chi connectivity index (χ2n) is 5.86. The lowest BCUT2D eigenvalue weighted by atomic mass is 10.1. The number of fused-ring (bicyclic) bond motifs is 1. The summed E-state index contributed by atoms with van der Waals surface area (Å²) in [5.41, 5.74) is 1.61. The monoisotopic (exact) mass is 315 g/mol. The number of carboxylic acids is 1. The van der Waals surface area contributed by atoms with Gasteiger partial charge in [-0.05, 0) is 18.1 Å². The number of rotatable bonds is 5. The normalized spacial score (nSPS) is 12.2. The summed E-state index contributed by atoms with van der Waals surface area (Å²) in [5.74, 6) is -1.23. The molecule has 1 aromatic heterocycles. The summed E-state index contributed by atoms with van der Waals surface area (Å²) in [7, 11) is 1.62. The Kier molecular flexibility index (Phi) is 5.16. The Bertz CT molecular complexity index is 715. The second-order valence-corrected chi connectivity index (χ2v) is 5.86. The number of urea groups is 1. The molecule has 0 aliphatic heterocycles. The summed E-state index contributed by atoms with van der Waals surface area (Å²) in [6.45, 7) is 3.81. The number of nitrogens with zero attached hydrogens (tertiary/aromatic N) is 2. The average molecular weight is 315 g/mol. The van der Waals surface area contributed by atoms with Crippen LogP contribution in [0.1, 0.15) is 19.5 Å². The van der Waals surface area contributed by atoms with Crippen LogP contribution < -0.4 is 5.32 Å². The molecular weight excluding hydrogens is 294 g/mol. The smallest absolute Gasteiger partial charge is 0.326 e. The number of aromatic nitrogens is 1. The van der Waals surface area contributed by atoms with E-state index in [0.29, 0.717) is 6.54 Å². The van der Waals surface area contributed by atoms with Gasteiger partial charge in [0.25, 0.3) is 0 Å². The molecule has 0 aliphatic carbocycles. The Hall–Kier alpha value is -2.63. The first kappa shape index (κ1) is 16.7. The van der Waals surface area contributed by atoms with Crippen LogP contribution in [0, 0.1) is 5.92 Å². The van der Waals surface area contributed by atoms with Crippen LogP contribution in [0.5, 0.6) is 0 Å². The van der Waals surface area contributed by atoms with Crippen molar-refractivity contribution in [1.29, 1.82) is 0 Å². The van der Waals surface area contributed by atoms with Crippen LogP contribution in [-0.4, -0.2) is 40.1 Å². The largest absolute Gasteiger partial charge is 0.480 e. The van der Waals surface area contributed by atoms with Crippen molar-refractivity contribution in [3.05, 3.63) is 42.1 Å². The first-order chi connectivity index (χ1) is 10.9. The van der Waals surface area contributed by atoms with Gasteiger partial charge in [0.1, 0.15) is 6.04 Å². The standard InChI is InChI=1S/C17H21N3O3/c1-11(2)15(16(21)22)19-17(23)20(3)10-13-9-8-12-6-4-5-7-14(12)18-13/h4-9,11,15H,10H2,1-3H3,(H,19,23)(H,21,22)/t15-/m0/s1. The summed E-state index contributed by atoms with van der Waals surface area (Å²) < 4.78 is 0. The molecule has 2 N–H and O–H groups in total. The first-order valence-electron chi connectivity index (χ1n) is 7.47. The molecule has 0 unspecified atom stereocenters. The van der Waals surface area contributed by atoms with E-state index in [0.717, 1.165) is 16.6 Å². The van der Waals surface area contributed by atoms with Crippen molar-refractivity contribution in [2.75, 3.05) is 7.05 Å². The molecule has 23 heavy (non-hydrogen) atoms. The third-order valence-corrected chi connectivity index (χ3v) is 3.61. The molecule has 0 spiro atoms. The van der Waals surface area contributed by atoms with E-state index in [4.69, 9.17) is 5.11 Å². The zero-order valence-electron chi connectivity index (χ0n) is 13.5. The highest BCUT2D eigenvalue weighted by atomic mass is 16.4. The zero-order chi connectivity index (χ0) is 17.0. The molecule has 1 heterocycles. The molecule has 0 saturated carbocycles. The summed E-state index contributed by atoms with van der Waals surface area (Å²) in [5, 5.41) is 12.7. The molecular formula is C17H21N3O3. The Labute approximate surface area is 135 Å². The molecule has 1 aromatic carbocycles. The van der Waals surface area contributed by atoms with Gasteiger partial charge in [-0.1, -0.05) is 38.1 Å². The predicted octanol–water partition coefficient (Wildman–Crippen LogP) is 2.49. The van der Waals surface area contributed by atoms with Crippen LogP contribution in [-0.2, 0) is 11.3 Å². The van der Waals surface area contributed by atoms with Crippen LogP contribution in [0.2, 0.25) is 0 Å². The lowest BCUT2D eigenvalue weighted by Gasteiger charge is -2.23. The summed E-state index contributed by atoms with van der Waals surface area (Å²) in [6, 6.07) is 10.2. The highest BCUT2D eigenvalue weighted by Gasteiger charge is 2.24. The Balaban J connectivity index is 2.06. The fraction of sp³-hybridized carbons (Fsp3) is 0.353. The van der Waals surface area contributed by atoms with Gasteiger partial charge < -0.3 is 15.3 Å². The molecule has 0 bridgehead atoms. The van der Waals surface area contributed by atoms with Gasteiger partial charge in [-0.15, -0.1) is 0 Å². The number of hydrogen-bond acceptors (Lipinski definition) is 3. The molecule has 1 atom stereocenters. The van der Waals surface area contributed by atoms with Gasteiger partial charge in [-0.25, -0.2) is 9.59 Å². The van der Waals surface area contributed by atoms with E-state index in [2.05, 4.69) is 10.3 Å². The lowest BCUT2D eigenvalue weighted by molar-refractivity contribution is -0.140. The SMILES string of the molecule is CC(C)[C@H](NC(=O)N(C)Cc1ccc2ccccc2n1)C(=O)O. The molecule has 122 valence electrons. The number of nitrogens with one attached hydrogen (secondary N) is 1. The number of amides is 2. The van der Waals surface area contributed by atoms with E-state index in [-0.39, 0.29) is 5.92 Å². The third kappa shape index (κ3) is 4.18. The van der Waals surface area contributed by atoms with Crippen LogP contribution in [0.3, 0.4) is 0 Å². The zero-order valence-corrected chi connectivity index (χ0v) is 13.5. The van der Waals surface area contributed by atoms with Crippen molar-refractivity contribution < 1.29 is 14.7 Å². The van der Waals surface area contributed by atoms with E-state index in [1.165, 1.54) is 4.90 Å². The molecule has 2 rings (SSSR count). The Morgan fingerprint density at radius 1 is 1.22 bits per heavy atom. The quantitative estimate of drug-likeness (QED) is 0.888. The van der Waals surface area contributed by atoms with E-state index in [1.807, 2.05) is 36.4 Å². The van der Waals surface area contributed by atoms with E-state index >= 15 is 0 Å². The van der Waals surface area contributed by atoms with Crippen molar-refractivity contribution in [3.63, 3.8) is 0 Å². The van der Waals surface area contributed by atoms with Crippen molar-refractivity contribution >= 4 is 22.9 Å². The molecule has 6 nitrogen and oxygen atoms in total.